The Morgan fingerprint density at radius 2 is 1.94 bits per heavy atom. The van der Waals surface area contributed by atoms with Gasteiger partial charge in [-0.3, -0.25) is 9.20 Å². The Morgan fingerprint density at radius 3 is 2.61 bits per heavy atom. The predicted octanol–water partition coefficient (Wildman–Crippen LogP) is 3.24. The van der Waals surface area contributed by atoms with Crippen molar-refractivity contribution in [2.45, 2.75) is 38.7 Å². The van der Waals surface area contributed by atoms with Crippen LogP contribution in [0, 0.1) is 6.92 Å². The molecule has 166 valence electrons. The van der Waals surface area contributed by atoms with Crippen LogP contribution < -0.4 is 10.1 Å². The highest BCUT2D eigenvalue weighted by molar-refractivity contribution is 5.94. The molecule has 4 heterocycles. The number of nitrogens with one attached hydrogen (secondary N) is 1. The minimum Gasteiger partial charge on any atom is -0.478 e. The van der Waals surface area contributed by atoms with Crippen LogP contribution in [0.1, 0.15) is 29.1 Å². The van der Waals surface area contributed by atoms with Gasteiger partial charge in [0, 0.05) is 11.8 Å². The molecule has 0 radical (unpaired) electrons. The Hall–Kier alpha value is -3.32. The first-order valence-corrected chi connectivity index (χ1v) is 8.97. The molecule has 0 atom stereocenters. The molecule has 3 aromatic rings. The Kier molecular flexibility index (Phi) is 4.81. The molecule has 31 heavy (non-hydrogen) atoms. The number of hydrogen-bond donors (Lipinski definition) is 1. The number of carbonyl (C=O) groups is 1. The second-order valence-corrected chi connectivity index (χ2v) is 6.87. The third-order valence-corrected chi connectivity index (χ3v) is 4.65. The first-order chi connectivity index (χ1) is 14.4. The second kappa shape index (κ2) is 7.13. The van der Waals surface area contributed by atoms with E-state index in [1.165, 1.54) is 6.92 Å². The first kappa shape index (κ1) is 20.9. The van der Waals surface area contributed by atoms with Crippen LogP contribution in [0.25, 0.3) is 5.65 Å². The third kappa shape index (κ3) is 3.88. The first-order valence-electron chi connectivity index (χ1n) is 8.97. The van der Waals surface area contributed by atoms with Crippen LogP contribution in [0.2, 0.25) is 0 Å². The quantitative estimate of drug-likeness (QED) is 0.622. The molecule has 14 heteroatoms. The smallest absolute Gasteiger partial charge is 0.435 e. The standard InChI is InChI=1S/C17H14F6N6O2/c1-8-25-26-14-11(5-9(6-28(8)14)16(18,19)20)24-12(30)7-29-15-10(3-2-4-31-15)13(27-29)17(21,22)23/h5-6H,2-4,7H2,1H3,(H,24,30). The highest BCUT2D eigenvalue weighted by Gasteiger charge is 2.40. The molecule has 4 rings (SSSR count). The van der Waals surface area contributed by atoms with Crippen molar-refractivity contribution in [2.75, 3.05) is 11.9 Å². The predicted molar refractivity (Wildman–Crippen MR) is 92.4 cm³/mol. The highest BCUT2D eigenvalue weighted by atomic mass is 19.4. The molecule has 1 N–H and O–H groups in total. The van der Waals surface area contributed by atoms with E-state index in [4.69, 9.17) is 4.74 Å². The van der Waals surface area contributed by atoms with Crippen molar-refractivity contribution in [3.63, 3.8) is 0 Å². The van der Waals surface area contributed by atoms with Gasteiger partial charge in [-0.2, -0.15) is 31.4 Å². The van der Waals surface area contributed by atoms with Crippen molar-refractivity contribution in [1.82, 2.24) is 24.4 Å². The zero-order chi connectivity index (χ0) is 22.6. The molecule has 8 nitrogen and oxygen atoms in total. The van der Waals surface area contributed by atoms with Crippen molar-refractivity contribution >= 4 is 17.2 Å². The minimum absolute atomic E-state index is 0.0476. The fraction of sp³-hybridized carbons (Fsp3) is 0.412. The van der Waals surface area contributed by atoms with Crippen LogP contribution in [-0.2, 0) is 30.1 Å². The average Bonchev–Trinajstić information content (AvgIpc) is 3.22. The largest absolute Gasteiger partial charge is 0.478 e. The summed E-state index contributed by atoms with van der Waals surface area (Å²) in [6.45, 7) is 0.886. The zero-order valence-electron chi connectivity index (χ0n) is 15.8. The van der Waals surface area contributed by atoms with Gasteiger partial charge in [-0.15, -0.1) is 10.2 Å². The van der Waals surface area contributed by atoms with Crippen molar-refractivity contribution < 1.29 is 35.9 Å². The molecule has 0 saturated carbocycles. The van der Waals surface area contributed by atoms with Crippen LogP contribution in [0.15, 0.2) is 12.3 Å². The molecule has 0 saturated heterocycles. The van der Waals surface area contributed by atoms with Crippen LogP contribution in [-0.4, -0.2) is 36.9 Å². The zero-order valence-corrected chi connectivity index (χ0v) is 15.8. The van der Waals surface area contributed by atoms with Crippen molar-refractivity contribution in [1.29, 1.82) is 0 Å². The summed E-state index contributed by atoms with van der Waals surface area (Å²) >= 11 is 0. The van der Waals surface area contributed by atoms with Crippen LogP contribution >= 0.6 is 0 Å². The van der Waals surface area contributed by atoms with Gasteiger partial charge in [0.1, 0.15) is 12.4 Å². The molecule has 0 bridgehead atoms. The molecule has 1 aliphatic heterocycles. The lowest BCUT2D eigenvalue weighted by Gasteiger charge is -2.16. The number of hydrogen-bond acceptors (Lipinski definition) is 5. The van der Waals surface area contributed by atoms with Crippen molar-refractivity contribution in [2.24, 2.45) is 0 Å². The number of halogens is 6. The fourth-order valence-electron chi connectivity index (χ4n) is 3.30. The number of nitrogens with zero attached hydrogens (tertiary/aromatic N) is 5. The normalized spacial score (nSPS) is 14.4. The Balaban J connectivity index is 1.66. The van der Waals surface area contributed by atoms with E-state index in [0.29, 0.717) is 12.5 Å². The summed E-state index contributed by atoms with van der Waals surface area (Å²) in [4.78, 5) is 12.5. The topological polar surface area (TPSA) is 86.3 Å². The van der Waals surface area contributed by atoms with Gasteiger partial charge >= 0.3 is 12.4 Å². The summed E-state index contributed by atoms with van der Waals surface area (Å²) < 4.78 is 86.5. The monoisotopic (exact) mass is 448 g/mol. The van der Waals surface area contributed by atoms with Gasteiger partial charge < -0.3 is 10.1 Å². The average molecular weight is 448 g/mol. The Morgan fingerprint density at radius 1 is 1.19 bits per heavy atom. The Bertz CT molecular complexity index is 1160. The van der Waals surface area contributed by atoms with Crippen molar-refractivity contribution in [3.05, 3.63) is 34.9 Å². The van der Waals surface area contributed by atoms with E-state index in [1.54, 1.807) is 0 Å². The van der Waals surface area contributed by atoms with Gasteiger partial charge in [0.2, 0.25) is 11.8 Å². The highest BCUT2D eigenvalue weighted by Crippen LogP contribution is 2.38. The molecule has 0 aromatic carbocycles. The van der Waals surface area contributed by atoms with Gasteiger partial charge in [-0.05, 0) is 25.8 Å². The number of aryl methyl sites for hydroxylation is 1. The van der Waals surface area contributed by atoms with E-state index in [1.807, 2.05) is 0 Å². The molecule has 0 spiro atoms. The molecular formula is C17H14F6N6O2. The third-order valence-electron chi connectivity index (χ3n) is 4.65. The van der Waals surface area contributed by atoms with Crippen LogP contribution in [0.4, 0.5) is 32.0 Å². The van der Waals surface area contributed by atoms with E-state index in [2.05, 4.69) is 20.6 Å². The van der Waals surface area contributed by atoms with Crippen LogP contribution in [0.3, 0.4) is 0 Å². The van der Waals surface area contributed by atoms with Crippen molar-refractivity contribution in [3.8, 4) is 5.88 Å². The lowest BCUT2D eigenvalue weighted by molar-refractivity contribution is -0.142. The molecule has 3 aromatic heterocycles. The summed E-state index contributed by atoms with van der Waals surface area (Å²) in [5.74, 6) is -0.933. The summed E-state index contributed by atoms with van der Waals surface area (Å²) in [7, 11) is 0. The molecule has 0 unspecified atom stereocenters. The molecule has 1 aliphatic rings. The summed E-state index contributed by atoms with van der Waals surface area (Å²) in [6.07, 6.45) is -8.21. The van der Waals surface area contributed by atoms with E-state index in [-0.39, 0.29) is 41.6 Å². The second-order valence-electron chi connectivity index (χ2n) is 6.87. The van der Waals surface area contributed by atoms with Gasteiger partial charge in [0.05, 0.1) is 17.9 Å². The van der Waals surface area contributed by atoms with Gasteiger partial charge in [-0.1, -0.05) is 0 Å². The maximum atomic E-state index is 13.2. The van der Waals surface area contributed by atoms with Gasteiger partial charge in [-0.25, -0.2) is 4.68 Å². The van der Waals surface area contributed by atoms with Crippen LogP contribution in [0.5, 0.6) is 5.88 Å². The summed E-state index contributed by atoms with van der Waals surface area (Å²) in [5, 5.41) is 13.1. The molecule has 0 aliphatic carbocycles. The van der Waals surface area contributed by atoms with E-state index in [9.17, 15) is 31.1 Å². The number of anilines is 1. The summed E-state index contributed by atoms with van der Waals surface area (Å²) in [6, 6.07) is 0.678. The maximum absolute atomic E-state index is 13.2. The number of ether oxygens (including phenoxy) is 1. The number of fused-ring (bicyclic) bond motifs is 2. The maximum Gasteiger partial charge on any atom is 0.435 e. The molecule has 0 fully saturated rings. The molecule has 1 amide bonds. The summed E-state index contributed by atoms with van der Waals surface area (Å²) in [5.41, 5.74) is -2.70. The lowest BCUT2D eigenvalue weighted by atomic mass is 10.1. The number of carbonyl (C=O) groups excluding carboxylic acids is 1. The number of pyridine rings is 1. The van der Waals surface area contributed by atoms with E-state index >= 15 is 0 Å². The number of amides is 1. The van der Waals surface area contributed by atoms with Gasteiger partial charge in [0.15, 0.2) is 11.3 Å². The minimum atomic E-state index is -4.74. The lowest BCUT2D eigenvalue weighted by Crippen LogP contribution is -2.22. The number of alkyl halides is 6. The Labute approximate surface area is 169 Å². The SMILES string of the molecule is Cc1nnc2c(NC(=O)Cn3nc(C(F)(F)F)c4c3OCCC4)cc(C(F)(F)F)cn12. The van der Waals surface area contributed by atoms with E-state index in [0.717, 1.165) is 15.3 Å². The molecular weight excluding hydrogens is 434 g/mol. The fourth-order valence-corrected chi connectivity index (χ4v) is 3.30. The van der Waals surface area contributed by atoms with Gasteiger partial charge in [0.25, 0.3) is 0 Å². The number of aromatic nitrogens is 5. The number of rotatable bonds is 3. The van der Waals surface area contributed by atoms with E-state index < -0.39 is 36.1 Å².